The van der Waals surface area contributed by atoms with Gasteiger partial charge in [0.25, 0.3) is 11.8 Å². The molecular weight excluding hydrogens is 465 g/mol. The van der Waals surface area contributed by atoms with Gasteiger partial charge >= 0.3 is 0 Å². The summed E-state index contributed by atoms with van der Waals surface area (Å²) >= 11 is 17.8. The van der Waals surface area contributed by atoms with Gasteiger partial charge in [0.1, 0.15) is 5.57 Å². The van der Waals surface area contributed by atoms with E-state index in [0.29, 0.717) is 21.3 Å². The second-order valence-electron chi connectivity index (χ2n) is 8.37. The van der Waals surface area contributed by atoms with Crippen molar-refractivity contribution in [1.29, 1.82) is 0 Å². The van der Waals surface area contributed by atoms with Crippen LogP contribution in [0.25, 0.3) is 11.6 Å². The molecule has 2 aromatic rings. The Labute approximate surface area is 202 Å². The first-order valence-corrected chi connectivity index (χ1v) is 11.1. The number of carbonyl (C=O) groups is 2. The molecule has 5 nitrogen and oxygen atoms in total. The summed E-state index contributed by atoms with van der Waals surface area (Å²) in [5, 5.41) is 3.57. The third-order valence-electron chi connectivity index (χ3n) is 5.82. The van der Waals surface area contributed by atoms with E-state index in [4.69, 9.17) is 35.4 Å². The number of anilines is 2. The predicted octanol–water partition coefficient (Wildman–Crippen LogP) is 5.46. The van der Waals surface area contributed by atoms with Crippen molar-refractivity contribution in [2.45, 2.75) is 26.3 Å². The smallest absolute Gasteiger partial charge is 0.270 e. The van der Waals surface area contributed by atoms with Crippen molar-refractivity contribution in [3.8, 4) is 0 Å². The molecule has 0 unspecified atom stereocenters. The molecule has 0 saturated carbocycles. The Morgan fingerprint density at radius 3 is 2.41 bits per heavy atom. The van der Waals surface area contributed by atoms with Crippen LogP contribution < -0.4 is 15.1 Å². The number of rotatable bonds is 2. The van der Waals surface area contributed by atoms with Crippen molar-refractivity contribution >= 4 is 75.4 Å². The standard InChI is InChI=1S/C24H21Cl2N3O2S/c1-13-12-24(2,3)28(4)20-11-19(26)14(9-17(13)20)10-18-21(30)27-23(32)29(22(18)31)16-7-5-15(25)6-8-16/h5-12H,1-4H3,(H,27,30,32)/b18-10+. The predicted molar refractivity (Wildman–Crippen MR) is 135 cm³/mol. The molecule has 1 saturated heterocycles. The summed E-state index contributed by atoms with van der Waals surface area (Å²) in [6, 6.07) is 10.4. The normalized spacial score (nSPS) is 19.1. The van der Waals surface area contributed by atoms with Gasteiger partial charge in [0.2, 0.25) is 0 Å². The van der Waals surface area contributed by atoms with Gasteiger partial charge in [-0.3, -0.25) is 19.8 Å². The van der Waals surface area contributed by atoms with E-state index in [1.54, 1.807) is 24.3 Å². The molecule has 0 aromatic heterocycles. The molecule has 0 atom stereocenters. The van der Waals surface area contributed by atoms with Gasteiger partial charge in [-0.15, -0.1) is 0 Å². The Morgan fingerprint density at radius 1 is 1.09 bits per heavy atom. The fourth-order valence-corrected chi connectivity index (χ4v) is 4.56. The summed E-state index contributed by atoms with van der Waals surface area (Å²) in [5.74, 6) is -1.09. The highest BCUT2D eigenvalue weighted by molar-refractivity contribution is 7.80. The van der Waals surface area contributed by atoms with Crippen molar-refractivity contribution in [3.05, 3.63) is 69.2 Å². The third kappa shape index (κ3) is 3.83. The molecule has 8 heteroatoms. The van der Waals surface area contributed by atoms with Crippen molar-refractivity contribution in [2.75, 3.05) is 16.8 Å². The lowest BCUT2D eigenvalue weighted by Gasteiger charge is -2.40. The number of halogens is 2. The fraction of sp³-hybridized carbons (Fsp3) is 0.208. The number of fused-ring (bicyclic) bond motifs is 1. The number of amides is 2. The maximum absolute atomic E-state index is 13.3. The zero-order valence-electron chi connectivity index (χ0n) is 18.0. The lowest BCUT2D eigenvalue weighted by Crippen LogP contribution is -2.54. The topological polar surface area (TPSA) is 52.7 Å². The van der Waals surface area contributed by atoms with Crippen molar-refractivity contribution in [1.82, 2.24) is 5.32 Å². The average Bonchev–Trinajstić information content (AvgIpc) is 2.71. The Bertz CT molecular complexity index is 1230. The van der Waals surface area contributed by atoms with Crippen LogP contribution in [0, 0.1) is 0 Å². The van der Waals surface area contributed by atoms with Gasteiger partial charge in [0, 0.05) is 28.3 Å². The summed E-state index contributed by atoms with van der Waals surface area (Å²) in [6.07, 6.45) is 3.69. The van der Waals surface area contributed by atoms with Crippen molar-refractivity contribution in [3.63, 3.8) is 0 Å². The van der Waals surface area contributed by atoms with Crippen LogP contribution in [-0.2, 0) is 9.59 Å². The summed E-state index contributed by atoms with van der Waals surface area (Å²) in [4.78, 5) is 29.3. The Hall–Kier alpha value is -2.67. The van der Waals surface area contributed by atoms with E-state index in [-0.39, 0.29) is 16.2 Å². The molecular formula is C24H21Cl2N3O2S. The number of nitrogens with zero attached hydrogens (tertiary/aromatic N) is 2. The van der Waals surface area contributed by atoms with Gasteiger partial charge < -0.3 is 4.90 Å². The van der Waals surface area contributed by atoms with E-state index >= 15 is 0 Å². The third-order valence-corrected chi connectivity index (χ3v) is 6.69. The summed E-state index contributed by atoms with van der Waals surface area (Å²) in [6.45, 7) is 6.29. The average molecular weight is 486 g/mol. The van der Waals surface area contributed by atoms with Crippen LogP contribution in [0.2, 0.25) is 10.0 Å². The largest absolute Gasteiger partial charge is 0.365 e. The summed E-state index contributed by atoms with van der Waals surface area (Å²) < 4.78 is 0. The number of benzene rings is 2. The molecule has 2 amide bonds. The second kappa shape index (κ2) is 8.03. The molecule has 2 aliphatic heterocycles. The molecule has 164 valence electrons. The number of likely N-dealkylation sites (N-methyl/N-ethyl adjacent to an activating group) is 1. The van der Waals surface area contributed by atoms with Gasteiger partial charge in [-0.05, 0) is 86.6 Å². The van der Waals surface area contributed by atoms with Crippen LogP contribution in [0.15, 0.2) is 48.0 Å². The fourth-order valence-electron chi connectivity index (χ4n) is 3.94. The van der Waals surface area contributed by atoms with Crippen LogP contribution in [0.5, 0.6) is 0 Å². The number of hydrogen-bond acceptors (Lipinski definition) is 4. The van der Waals surface area contributed by atoms with E-state index in [1.165, 1.54) is 11.0 Å². The maximum atomic E-state index is 13.3. The quantitative estimate of drug-likeness (QED) is 0.348. The van der Waals surface area contributed by atoms with E-state index < -0.39 is 11.8 Å². The number of nitrogens with one attached hydrogen (secondary N) is 1. The second-order valence-corrected chi connectivity index (χ2v) is 9.60. The lowest BCUT2D eigenvalue weighted by atomic mass is 9.88. The highest BCUT2D eigenvalue weighted by atomic mass is 35.5. The van der Waals surface area contributed by atoms with Gasteiger partial charge in [-0.2, -0.15) is 0 Å². The summed E-state index contributed by atoms with van der Waals surface area (Å²) in [5.41, 5.74) is 3.96. The minimum Gasteiger partial charge on any atom is -0.365 e. The van der Waals surface area contributed by atoms with Gasteiger partial charge in [-0.1, -0.05) is 29.3 Å². The number of thiocarbonyl (C=S) groups is 1. The van der Waals surface area contributed by atoms with Crippen molar-refractivity contribution < 1.29 is 9.59 Å². The number of allylic oxidation sites excluding steroid dienone is 1. The Balaban J connectivity index is 1.78. The van der Waals surface area contributed by atoms with Crippen LogP contribution in [0.3, 0.4) is 0 Å². The molecule has 2 aliphatic rings. The monoisotopic (exact) mass is 485 g/mol. The Morgan fingerprint density at radius 2 is 1.75 bits per heavy atom. The molecule has 0 radical (unpaired) electrons. The Kier molecular flexibility index (Phi) is 5.65. The van der Waals surface area contributed by atoms with Crippen molar-refractivity contribution in [2.24, 2.45) is 0 Å². The molecule has 0 aliphatic carbocycles. The lowest BCUT2D eigenvalue weighted by molar-refractivity contribution is -0.122. The molecule has 2 aromatic carbocycles. The van der Waals surface area contributed by atoms with Crippen LogP contribution in [0.4, 0.5) is 11.4 Å². The zero-order chi connectivity index (χ0) is 23.4. The summed E-state index contributed by atoms with van der Waals surface area (Å²) in [7, 11) is 2.01. The number of hydrogen-bond donors (Lipinski definition) is 1. The van der Waals surface area contributed by atoms with Gasteiger partial charge in [0.15, 0.2) is 5.11 Å². The van der Waals surface area contributed by atoms with E-state index in [9.17, 15) is 9.59 Å². The first-order chi connectivity index (χ1) is 15.0. The first-order valence-electron chi connectivity index (χ1n) is 9.94. The van der Waals surface area contributed by atoms with Crippen LogP contribution in [-0.4, -0.2) is 29.5 Å². The molecule has 4 rings (SSSR count). The van der Waals surface area contributed by atoms with Gasteiger partial charge in [0.05, 0.1) is 11.2 Å². The molecule has 0 bridgehead atoms. The minimum absolute atomic E-state index is 0.0126. The van der Waals surface area contributed by atoms with Crippen LogP contribution in [0.1, 0.15) is 31.9 Å². The number of carbonyl (C=O) groups excluding carboxylic acids is 2. The molecule has 2 heterocycles. The highest BCUT2D eigenvalue weighted by Crippen LogP contribution is 2.41. The molecule has 1 fully saturated rings. The minimum atomic E-state index is -0.565. The highest BCUT2D eigenvalue weighted by Gasteiger charge is 2.35. The van der Waals surface area contributed by atoms with Gasteiger partial charge in [-0.25, -0.2) is 0 Å². The molecule has 0 spiro atoms. The maximum Gasteiger partial charge on any atom is 0.270 e. The van der Waals surface area contributed by atoms with E-state index in [2.05, 4.69) is 30.1 Å². The SMILES string of the molecule is CC1=CC(C)(C)N(C)c2cc(Cl)c(/C=C3\C(=O)NC(=S)N(c4ccc(Cl)cc4)C3=O)cc21. The molecule has 1 N–H and O–H groups in total. The van der Waals surface area contributed by atoms with Crippen LogP contribution >= 0.6 is 35.4 Å². The molecule has 32 heavy (non-hydrogen) atoms. The van der Waals surface area contributed by atoms with E-state index in [0.717, 1.165) is 16.8 Å². The van der Waals surface area contributed by atoms with E-state index in [1.807, 2.05) is 26.1 Å². The first kappa shape index (κ1) is 22.5. The zero-order valence-corrected chi connectivity index (χ0v) is 20.3.